The van der Waals surface area contributed by atoms with Crippen LogP contribution in [0.4, 0.5) is 4.39 Å². The second-order valence-electron chi connectivity index (χ2n) is 3.20. The fourth-order valence-corrected chi connectivity index (χ4v) is 1.49. The molecule has 0 spiro atoms. The van der Waals surface area contributed by atoms with Gasteiger partial charge in [0, 0.05) is 6.54 Å². The lowest BCUT2D eigenvalue weighted by atomic mass is 10.1. The average molecular weight is 160 g/mol. The van der Waals surface area contributed by atoms with Gasteiger partial charge in [0.15, 0.2) is 0 Å². The Labute approximate surface area is 67.8 Å². The summed E-state index contributed by atoms with van der Waals surface area (Å²) in [5, 5.41) is 3.11. The second-order valence-corrected chi connectivity index (χ2v) is 3.20. The molecule has 0 saturated carbocycles. The van der Waals surface area contributed by atoms with E-state index in [-0.39, 0.29) is 0 Å². The van der Waals surface area contributed by atoms with Crippen LogP contribution in [-0.4, -0.2) is 37.4 Å². The van der Waals surface area contributed by atoms with Gasteiger partial charge in [-0.05, 0) is 33.4 Å². The first-order valence-electron chi connectivity index (χ1n) is 4.29. The summed E-state index contributed by atoms with van der Waals surface area (Å²) in [6.45, 7) is 3.70. The number of nitrogens with one attached hydrogen (secondary N) is 1. The van der Waals surface area contributed by atoms with Crippen LogP contribution in [0.25, 0.3) is 0 Å². The normalized spacial score (nSPS) is 30.3. The van der Waals surface area contributed by atoms with E-state index in [1.807, 2.05) is 7.05 Å². The number of nitrogens with zero attached hydrogens (tertiary/aromatic N) is 1. The fraction of sp³-hybridized carbons (Fsp3) is 1.00. The number of piperidine rings is 1. The highest BCUT2D eigenvalue weighted by Crippen LogP contribution is 2.13. The first-order chi connectivity index (χ1) is 5.24. The molecule has 0 aromatic carbocycles. The molecule has 0 bridgehead atoms. The Kier molecular flexibility index (Phi) is 3.27. The number of likely N-dealkylation sites (tertiary alicyclic amines) is 1. The Morgan fingerprint density at radius 2 is 2.36 bits per heavy atom. The topological polar surface area (TPSA) is 15.3 Å². The van der Waals surface area contributed by atoms with Crippen LogP contribution in [-0.2, 0) is 0 Å². The molecule has 1 rings (SSSR count). The molecule has 1 fully saturated rings. The van der Waals surface area contributed by atoms with Crippen LogP contribution in [0.3, 0.4) is 0 Å². The van der Waals surface area contributed by atoms with E-state index in [0.29, 0.717) is 12.7 Å². The molecule has 1 heterocycles. The second kappa shape index (κ2) is 4.02. The van der Waals surface area contributed by atoms with Crippen molar-refractivity contribution in [1.82, 2.24) is 10.2 Å². The highest BCUT2D eigenvalue weighted by Gasteiger charge is 2.21. The van der Waals surface area contributed by atoms with Gasteiger partial charge in [0.05, 0.1) is 6.17 Å². The lowest BCUT2D eigenvalue weighted by Crippen LogP contribution is -2.47. The number of hydrogen-bond donors (Lipinski definition) is 1. The van der Waals surface area contributed by atoms with Gasteiger partial charge < -0.3 is 5.32 Å². The van der Waals surface area contributed by atoms with Crippen LogP contribution in [0.5, 0.6) is 0 Å². The molecule has 1 N–H and O–H groups in total. The summed E-state index contributed by atoms with van der Waals surface area (Å²) in [5.74, 6) is 0. The number of alkyl halides is 1. The van der Waals surface area contributed by atoms with Gasteiger partial charge in [0.25, 0.3) is 0 Å². The minimum atomic E-state index is -0.612. The molecule has 11 heavy (non-hydrogen) atoms. The smallest absolute Gasteiger partial charge is 0.113 e. The van der Waals surface area contributed by atoms with Gasteiger partial charge in [-0.1, -0.05) is 0 Å². The van der Waals surface area contributed by atoms with Crippen LogP contribution >= 0.6 is 0 Å². The molecule has 1 aliphatic heterocycles. The van der Waals surface area contributed by atoms with E-state index in [4.69, 9.17) is 0 Å². The molecule has 0 aliphatic carbocycles. The number of halogens is 1. The van der Waals surface area contributed by atoms with Gasteiger partial charge in [-0.15, -0.1) is 0 Å². The Balaban J connectivity index is 2.33. The molecule has 66 valence electrons. The van der Waals surface area contributed by atoms with E-state index in [0.717, 1.165) is 19.4 Å². The van der Waals surface area contributed by atoms with Crippen molar-refractivity contribution in [2.75, 3.05) is 20.1 Å². The lowest BCUT2D eigenvalue weighted by Gasteiger charge is -2.33. The maximum Gasteiger partial charge on any atom is 0.113 e. The van der Waals surface area contributed by atoms with E-state index >= 15 is 0 Å². The fourth-order valence-electron chi connectivity index (χ4n) is 1.49. The summed E-state index contributed by atoms with van der Waals surface area (Å²) in [4.78, 5) is 2.15. The third kappa shape index (κ3) is 2.42. The zero-order valence-electron chi connectivity index (χ0n) is 7.31. The van der Waals surface area contributed by atoms with Crippen molar-refractivity contribution in [3.63, 3.8) is 0 Å². The van der Waals surface area contributed by atoms with Gasteiger partial charge in [-0.3, -0.25) is 4.90 Å². The van der Waals surface area contributed by atoms with Crippen LogP contribution in [0.2, 0.25) is 0 Å². The van der Waals surface area contributed by atoms with Gasteiger partial charge in [-0.25, -0.2) is 4.39 Å². The van der Waals surface area contributed by atoms with Crippen molar-refractivity contribution in [3.05, 3.63) is 0 Å². The molecule has 3 heteroatoms. The molecule has 1 aliphatic rings. The quantitative estimate of drug-likeness (QED) is 0.648. The summed E-state index contributed by atoms with van der Waals surface area (Å²) in [6, 6.07) is 0. The molecule has 0 aromatic heterocycles. The largest absolute Gasteiger partial charge is 0.305 e. The van der Waals surface area contributed by atoms with Crippen molar-refractivity contribution in [1.29, 1.82) is 0 Å². The number of rotatable bonds is 2. The van der Waals surface area contributed by atoms with E-state index in [1.165, 1.54) is 0 Å². The first-order valence-corrected chi connectivity index (χ1v) is 4.29. The van der Waals surface area contributed by atoms with Crippen molar-refractivity contribution in [3.8, 4) is 0 Å². The zero-order valence-corrected chi connectivity index (χ0v) is 7.31. The predicted molar refractivity (Wildman–Crippen MR) is 44.2 cm³/mol. The SMILES string of the molecule is CNC(C)N1CCC[C@@H](F)C1. The van der Waals surface area contributed by atoms with E-state index in [2.05, 4.69) is 17.1 Å². The van der Waals surface area contributed by atoms with Crippen molar-refractivity contribution in [2.45, 2.75) is 32.1 Å². The number of hydrogen-bond acceptors (Lipinski definition) is 2. The molecule has 1 saturated heterocycles. The maximum absolute atomic E-state index is 12.9. The Hall–Kier alpha value is -0.150. The van der Waals surface area contributed by atoms with Crippen molar-refractivity contribution in [2.24, 2.45) is 0 Å². The monoisotopic (exact) mass is 160 g/mol. The molecule has 2 atom stereocenters. The standard InChI is InChI=1S/C8H17FN2/c1-7(10-2)11-5-3-4-8(9)6-11/h7-8,10H,3-6H2,1-2H3/t7?,8-/m1/s1. The molecule has 2 nitrogen and oxygen atoms in total. The molecular weight excluding hydrogens is 143 g/mol. The predicted octanol–water partition coefficient (Wildman–Crippen LogP) is 0.986. The molecular formula is C8H17FN2. The zero-order chi connectivity index (χ0) is 8.27. The molecule has 0 amide bonds. The van der Waals surface area contributed by atoms with E-state index in [9.17, 15) is 4.39 Å². The minimum absolute atomic E-state index is 0.313. The van der Waals surface area contributed by atoms with Gasteiger partial charge in [-0.2, -0.15) is 0 Å². The lowest BCUT2D eigenvalue weighted by molar-refractivity contribution is 0.0943. The Morgan fingerprint density at radius 1 is 1.64 bits per heavy atom. The summed E-state index contributed by atoms with van der Waals surface area (Å²) >= 11 is 0. The third-order valence-electron chi connectivity index (χ3n) is 2.36. The van der Waals surface area contributed by atoms with Gasteiger partial charge >= 0.3 is 0 Å². The average Bonchev–Trinajstić information content (AvgIpc) is 2.03. The summed E-state index contributed by atoms with van der Waals surface area (Å²) in [5.41, 5.74) is 0. The Morgan fingerprint density at radius 3 is 2.91 bits per heavy atom. The first kappa shape index (κ1) is 8.94. The van der Waals surface area contributed by atoms with E-state index < -0.39 is 6.17 Å². The highest BCUT2D eigenvalue weighted by molar-refractivity contribution is 4.74. The summed E-state index contributed by atoms with van der Waals surface area (Å²) < 4.78 is 12.9. The van der Waals surface area contributed by atoms with Crippen LogP contribution in [0, 0.1) is 0 Å². The third-order valence-corrected chi connectivity index (χ3v) is 2.36. The van der Waals surface area contributed by atoms with E-state index in [1.54, 1.807) is 0 Å². The maximum atomic E-state index is 12.9. The van der Waals surface area contributed by atoms with Gasteiger partial charge in [0.2, 0.25) is 0 Å². The van der Waals surface area contributed by atoms with Gasteiger partial charge in [0.1, 0.15) is 6.17 Å². The van der Waals surface area contributed by atoms with Crippen LogP contribution in [0.1, 0.15) is 19.8 Å². The molecule has 0 radical (unpaired) electrons. The summed E-state index contributed by atoms with van der Waals surface area (Å²) in [7, 11) is 1.91. The van der Waals surface area contributed by atoms with Crippen molar-refractivity contribution >= 4 is 0 Å². The Bertz CT molecular complexity index is 119. The summed E-state index contributed by atoms with van der Waals surface area (Å²) in [6.07, 6.45) is 1.44. The van der Waals surface area contributed by atoms with Crippen LogP contribution in [0.15, 0.2) is 0 Å². The minimum Gasteiger partial charge on any atom is -0.305 e. The van der Waals surface area contributed by atoms with Crippen molar-refractivity contribution < 1.29 is 4.39 Å². The highest BCUT2D eigenvalue weighted by atomic mass is 19.1. The van der Waals surface area contributed by atoms with Crippen LogP contribution < -0.4 is 5.32 Å². The molecule has 0 aromatic rings. The molecule has 1 unspecified atom stereocenters.